The third kappa shape index (κ3) is 3.43. The van der Waals surface area contributed by atoms with E-state index >= 15 is 0 Å². The molecule has 19 heavy (non-hydrogen) atoms. The summed E-state index contributed by atoms with van der Waals surface area (Å²) < 4.78 is 0. The van der Waals surface area contributed by atoms with E-state index in [-0.39, 0.29) is 12.3 Å². The van der Waals surface area contributed by atoms with Crippen LogP contribution in [0.1, 0.15) is 24.8 Å². The molecular formula is C13H17ClN2O3. The number of halogens is 1. The van der Waals surface area contributed by atoms with Crippen molar-refractivity contribution in [2.75, 3.05) is 13.2 Å². The molecule has 0 unspecified atom stereocenters. The zero-order valence-electron chi connectivity index (χ0n) is 10.6. The lowest BCUT2D eigenvalue weighted by molar-refractivity contribution is -0.384. The van der Waals surface area contributed by atoms with Gasteiger partial charge < -0.3 is 5.11 Å². The van der Waals surface area contributed by atoms with Gasteiger partial charge in [0.1, 0.15) is 0 Å². The number of non-ortho nitro benzene ring substituents is 1. The molecule has 0 saturated heterocycles. The Morgan fingerprint density at radius 3 is 2.74 bits per heavy atom. The number of hydrogen-bond donors (Lipinski definition) is 1. The van der Waals surface area contributed by atoms with Gasteiger partial charge in [0.05, 0.1) is 11.5 Å². The molecule has 2 rings (SSSR count). The van der Waals surface area contributed by atoms with Gasteiger partial charge in [-0.3, -0.25) is 15.0 Å². The fourth-order valence-electron chi connectivity index (χ4n) is 2.29. The van der Waals surface area contributed by atoms with E-state index in [2.05, 4.69) is 4.90 Å². The van der Waals surface area contributed by atoms with Gasteiger partial charge in [0.25, 0.3) is 5.69 Å². The van der Waals surface area contributed by atoms with E-state index < -0.39 is 4.92 Å². The lowest BCUT2D eigenvalue weighted by atomic mass is 9.91. The van der Waals surface area contributed by atoms with E-state index in [1.807, 2.05) is 0 Å². The Bertz CT molecular complexity index is 463. The Morgan fingerprint density at radius 2 is 2.21 bits per heavy atom. The maximum atomic E-state index is 10.8. The Balaban J connectivity index is 2.15. The van der Waals surface area contributed by atoms with Crippen molar-refractivity contribution >= 4 is 17.3 Å². The molecule has 1 fully saturated rings. The number of nitrogens with zero attached hydrogens (tertiary/aromatic N) is 2. The molecule has 0 heterocycles. The van der Waals surface area contributed by atoms with Crippen molar-refractivity contribution in [1.82, 2.24) is 4.90 Å². The molecule has 5 nitrogen and oxygen atoms in total. The molecule has 0 amide bonds. The van der Waals surface area contributed by atoms with Crippen molar-refractivity contribution in [3.05, 3.63) is 38.9 Å². The van der Waals surface area contributed by atoms with Crippen LogP contribution in [0.5, 0.6) is 0 Å². The second-order valence-corrected chi connectivity index (χ2v) is 5.22. The molecule has 1 aliphatic rings. The maximum Gasteiger partial charge on any atom is 0.269 e. The van der Waals surface area contributed by atoms with E-state index in [1.165, 1.54) is 18.6 Å². The van der Waals surface area contributed by atoms with Gasteiger partial charge in [0, 0.05) is 36.3 Å². The van der Waals surface area contributed by atoms with E-state index in [0.29, 0.717) is 24.2 Å². The summed E-state index contributed by atoms with van der Waals surface area (Å²) in [6.45, 7) is 1.21. The van der Waals surface area contributed by atoms with Gasteiger partial charge in [0.2, 0.25) is 0 Å². The molecule has 1 aromatic rings. The maximum absolute atomic E-state index is 10.8. The zero-order valence-corrected chi connectivity index (χ0v) is 11.3. The Hall–Kier alpha value is -1.17. The van der Waals surface area contributed by atoms with Crippen LogP contribution in [-0.4, -0.2) is 34.1 Å². The standard InChI is InChI=1S/C13H17ClN2O3/c14-13-5-4-12(16(18)19)8-10(13)9-15(6-7-17)11-2-1-3-11/h4-5,8,11,17H,1-3,6-7,9H2. The first-order valence-corrected chi connectivity index (χ1v) is 6.77. The molecule has 0 radical (unpaired) electrons. The molecule has 104 valence electrons. The van der Waals surface area contributed by atoms with Gasteiger partial charge in [-0.05, 0) is 24.5 Å². The Kier molecular flexibility index (Phi) is 4.74. The smallest absolute Gasteiger partial charge is 0.269 e. The van der Waals surface area contributed by atoms with Crippen molar-refractivity contribution in [3.8, 4) is 0 Å². The summed E-state index contributed by atoms with van der Waals surface area (Å²) in [5.74, 6) is 0. The molecule has 1 aromatic carbocycles. The SMILES string of the molecule is O=[N+]([O-])c1ccc(Cl)c(CN(CCO)C2CCC2)c1. The van der Waals surface area contributed by atoms with Crippen molar-refractivity contribution < 1.29 is 10.0 Å². The molecule has 0 atom stereocenters. The largest absolute Gasteiger partial charge is 0.395 e. The van der Waals surface area contributed by atoms with Crippen LogP contribution in [0.3, 0.4) is 0 Å². The van der Waals surface area contributed by atoms with Gasteiger partial charge in [-0.1, -0.05) is 18.0 Å². The Labute approximate surface area is 116 Å². The molecule has 0 aliphatic heterocycles. The van der Waals surface area contributed by atoms with Gasteiger partial charge in [-0.15, -0.1) is 0 Å². The average molecular weight is 285 g/mol. The van der Waals surface area contributed by atoms with E-state index in [1.54, 1.807) is 6.07 Å². The third-order valence-corrected chi connectivity index (χ3v) is 3.96. The summed E-state index contributed by atoms with van der Waals surface area (Å²) in [6.07, 6.45) is 3.44. The van der Waals surface area contributed by atoms with E-state index in [4.69, 9.17) is 16.7 Å². The minimum Gasteiger partial charge on any atom is -0.395 e. The van der Waals surface area contributed by atoms with Crippen molar-refractivity contribution in [2.45, 2.75) is 31.8 Å². The summed E-state index contributed by atoms with van der Waals surface area (Å²) in [5.41, 5.74) is 0.799. The van der Waals surface area contributed by atoms with Crippen LogP contribution in [0.2, 0.25) is 5.02 Å². The average Bonchev–Trinajstić information content (AvgIpc) is 2.29. The lowest BCUT2D eigenvalue weighted by Crippen LogP contribution is -2.41. The van der Waals surface area contributed by atoms with Crippen molar-refractivity contribution in [3.63, 3.8) is 0 Å². The minimum absolute atomic E-state index is 0.0527. The van der Waals surface area contributed by atoms with Gasteiger partial charge in [0.15, 0.2) is 0 Å². The molecule has 1 aliphatic carbocycles. The number of aliphatic hydroxyl groups is 1. The highest BCUT2D eigenvalue weighted by molar-refractivity contribution is 6.31. The lowest BCUT2D eigenvalue weighted by Gasteiger charge is -2.37. The summed E-state index contributed by atoms with van der Waals surface area (Å²) in [4.78, 5) is 12.5. The zero-order chi connectivity index (χ0) is 13.8. The fraction of sp³-hybridized carbons (Fsp3) is 0.538. The first-order valence-electron chi connectivity index (χ1n) is 6.39. The summed E-state index contributed by atoms with van der Waals surface area (Å²) >= 11 is 6.10. The van der Waals surface area contributed by atoms with Gasteiger partial charge in [-0.2, -0.15) is 0 Å². The topological polar surface area (TPSA) is 66.6 Å². The quantitative estimate of drug-likeness (QED) is 0.644. The number of aliphatic hydroxyl groups excluding tert-OH is 1. The molecule has 1 N–H and O–H groups in total. The summed E-state index contributed by atoms with van der Waals surface area (Å²) in [5, 5.41) is 20.4. The van der Waals surface area contributed by atoms with E-state index in [0.717, 1.165) is 18.4 Å². The second kappa shape index (κ2) is 6.32. The summed E-state index contributed by atoms with van der Waals surface area (Å²) in [7, 11) is 0. The highest BCUT2D eigenvalue weighted by Gasteiger charge is 2.25. The van der Waals surface area contributed by atoms with Crippen LogP contribution >= 0.6 is 11.6 Å². The predicted molar refractivity (Wildman–Crippen MR) is 73.2 cm³/mol. The first kappa shape index (κ1) is 14.2. The monoisotopic (exact) mass is 284 g/mol. The van der Waals surface area contributed by atoms with Crippen molar-refractivity contribution in [1.29, 1.82) is 0 Å². The highest BCUT2D eigenvalue weighted by Crippen LogP contribution is 2.29. The van der Waals surface area contributed by atoms with Crippen molar-refractivity contribution in [2.24, 2.45) is 0 Å². The summed E-state index contributed by atoms with van der Waals surface area (Å²) in [6, 6.07) is 4.95. The molecule has 0 spiro atoms. The van der Waals surface area contributed by atoms with Crippen LogP contribution in [0.4, 0.5) is 5.69 Å². The van der Waals surface area contributed by atoms with Crippen LogP contribution in [0, 0.1) is 10.1 Å². The normalized spacial score (nSPS) is 15.5. The highest BCUT2D eigenvalue weighted by atomic mass is 35.5. The molecule has 6 heteroatoms. The number of rotatable bonds is 6. The fourth-order valence-corrected chi connectivity index (χ4v) is 2.46. The number of hydrogen-bond acceptors (Lipinski definition) is 4. The third-order valence-electron chi connectivity index (χ3n) is 3.59. The minimum atomic E-state index is -0.417. The molecule has 0 bridgehead atoms. The first-order chi connectivity index (χ1) is 9.11. The number of nitro benzene ring substituents is 1. The molecule has 0 aromatic heterocycles. The van der Waals surface area contributed by atoms with Gasteiger partial charge >= 0.3 is 0 Å². The Morgan fingerprint density at radius 1 is 1.47 bits per heavy atom. The predicted octanol–water partition coefficient (Wildman–Crippen LogP) is 2.60. The number of nitro groups is 1. The van der Waals surface area contributed by atoms with Crippen LogP contribution in [0.15, 0.2) is 18.2 Å². The van der Waals surface area contributed by atoms with Crippen LogP contribution in [-0.2, 0) is 6.54 Å². The number of benzene rings is 1. The van der Waals surface area contributed by atoms with E-state index in [9.17, 15) is 10.1 Å². The van der Waals surface area contributed by atoms with Crippen LogP contribution < -0.4 is 0 Å². The molecule has 1 saturated carbocycles. The van der Waals surface area contributed by atoms with Crippen LogP contribution in [0.25, 0.3) is 0 Å². The second-order valence-electron chi connectivity index (χ2n) is 4.81. The van der Waals surface area contributed by atoms with Gasteiger partial charge in [-0.25, -0.2) is 0 Å². The molecular weight excluding hydrogens is 268 g/mol.